The normalized spacial score (nSPS) is 11.5. The third kappa shape index (κ3) is 4.31. The second kappa shape index (κ2) is 7.42. The van der Waals surface area contributed by atoms with Gasteiger partial charge in [-0.1, -0.05) is 18.5 Å². The molecule has 0 saturated carbocycles. The Morgan fingerprint density at radius 2 is 2.12 bits per heavy atom. The summed E-state index contributed by atoms with van der Waals surface area (Å²) in [6.07, 6.45) is 3.71. The van der Waals surface area contributed by atoms with Gasteiger partial charge in [0.15, 0.2) is 5.82 Å². The van der Waals surface area contributed by atoms with E-state index in [1.165, 1.54) is 0 Å². The van der Waals surface area contributed by atoms with Gasteiger partial charge in [-0.05, 0) is 39.3 Å². The highest BCUT2D eigenvalue weighted by Crippen LogP contribution is 2.16. The summed E-state index contributed by atoms with van der Waals surface area (Å²) in [7, 11) is 0. The number of amides is 1. The molecule has 2 aromatic rings. The summed E-state index contributed by atoms with van der Waals surface area (Å²) >= 11 is 0. The minimum absolute atomic E-state index is 0.0352. The SMILES string of the molecule is CCCCNC(=O)Cc1noc(-c2cccn(C(C)(C)C)c2=O)n1. The van der Waals surface area contributed by atoms with Crippen molar-refractivity contribution in [2.24, 2.45) is 0 Å². The number of nitrogens with zero attached hydrogens (tertiary/aromatic N) is 3. The van der Waals surface area contributed by atoms with Crippen molar-refractivity contribution in [2.45, 2.75) is 52.5 Å². The molecular formula is C17H24N4O3. The van der Waals surface area contributed by atoms with E-state index in [1.807, 2.05) is 20.8 Å². The zero-order valence-corrected chi connectivity index (χ0v) is 14.6. The highest BCUT2D eigenvalue weighted by atomic mass is 16.5. The molecule has 0 aliphatic carbocycles. The molecule has 0 fully saturated rings. The largest absolute Gasteiger partial charge is 0.356 e. The Morgan fingerprint density at radius 1 is 1.38 bits per heavy atom. The standard InChI is InChI=1S/C17H24N4O3/c1-5-6-9-18-14(22)11-13-19-15(24-20-13)12-8-7-10-21(16(12)23)17(2,3)4/h7-8,10H,5-6,9,11H2,1-4H3,(H,18,22). The van der Waals surface area contributed by atoms with Gasteiger partial charge in [0.2, 0.25) is 5.91 Å². The van der Waals surface area contributed by atoms with Crippen LogP contribution >= 0.6 is 0 Å². The van der Waals surface area contributed by atoms with E-state index in [-0.39, 0.29) is 35.1 Å². The maximum atomic E-state index is 12.6. The highest BCUT2D eigenvalue weighted by Gasteiger charge is 2.20. The molecule has 2 rings (SSSR count). The van der Waals surface area contributed by atoms with Gasteiger partial charge in [-0.25, -0.2) is 0 Å². The van der Waals surface area contributed by atoms with Crippen LogP contribution in [-0.2, 0) is 16.8 Å². The Labute approximate surface area is 141 Å². The average Bonchev–Trinajstić information content (AvgIpc) is 2.94. The van der Waals surface area contributed by atoms with Gasteiger partial charge in [-0.3, -0.25) is 9.59 Å². The van der Waals surface area contributed by atoms with Crippen LogP contribution in [-0.4, -0.2) is 27.2 Å². The number of nitrogens with one attached hydrogen (secondary N) is 1. The van der Waals surface area contributed by atoms with Crippen molar-refractivity contribution in [2.75, 3.05) is 6.54 Å². The number of carbonyl (C=O) groups excluding carboxylic acids is 1. The van der Waals surface area contributed by atoms with E-state index in [4.69, 9.17) is 4.52 Å². The van der Waals surface area contributed by atoms with E-state index >= 15 is 0 Å². The fourth-order valence-corrected chi connectivity index (χ4v) is 2.23. The molecule has 0 unspecified atom stereocenters. The van der Waals surface area contributed by atoms with Crippen LogP contribution in [0.15, 0.2) is 27.6 Å². The monoisotopic (exact) mass is 332 g/mol. The molecule has 0 radical (unpaired) electrons. The van der Waals surface area contributed by atoms with Crippen molar-refractivity contribution in [3.8, 4) is 11.5 Å². The fraction of sp³-hybridized carbons (Fsp3) is 0.529. The summed E-state index contributed by atoms with van der Waals surface area (Å²) in [6, 6.07) is 3.41. The molecule has 7 heteroatoms. The van der Waals surface area contributed by atoms with Gasteiger partial charge in [-0.2, -0.15) is 4.98 Å². The molecule has 24 heavy (non-hydrogen) atoms. The van der Waals surface area contributed by atoms with Crippen molar-refractivity contribution in [1.82, 2.24) is 20.0 Å². The third-order valence-electron chi connectivity index (χ3n) is 3.54. The second-order valence-corrected chi connectivity index (χ2v) is 6.66. The Morgan fingerprint density at radius 3 is 2.79 bits per heavy atom. The first kappa shape index (κ1) is 17.9. The van der Waals surface area contributed by atoms with E-state index in [0.717, 1.165) is 12.8 Å². The van der Waals surface area contributed by atoms with Crippen molar-refractivity contribution in [1.29, 1.82) is 0 Å². The number of hydrogen-bond acceptors (Lipinski definition) is 5. The second-order valence-electron chi connectivity index (χ2n) is 6.66. The molecule has 0 atom stereocenters. The summed E-state index contributed by atoms with van der Waals surface area (Å²) in [5.41, 5.74) is -0.222. The van der Waals surface area contributed by atoms with Crippen LogP contribution in [0.25, 0.3) is 11.5 Å². The lowest BCUT2D eigenvalue weighted by Crippen LogP contribution is -2.33. The molecule has 0 aliphatic heterocycles. The van der Waals surface area contributed by atoms with Crippen LogP contribution < -0.4 is 10.9 Å². The Hall–Kier alpha value is -2.44. The minimum Gasteiger partial charge on any atom is -0.356 e. The van der Waals surface area contributed by atoms with Gasteiger partial charge in [0.25, 0.3) is 11.4 Å². The number of aromatic nitrogens is 3. The third-order valence-corrected chi connectivity index (χ3v) is 3.54. The Kier molecular flexibility index (Phi) is 5.54. The van der Waals surface area contributed by atoms with Gasteiger partial charge in [-0.15, -0.1) is 0 Å². The predicted octanol–water partition coefficient (Wildman–Crippen LogP) is 2.11. The van der Waals surface area contributed by atoms with Gasteiger partial charge >= 0.3 is 0 Å². The van der Waals surface area contributed by atoms with Gasteiger partial charge in [0.1, 0.15) is 5.56 Å². The van der Waals surface area contributed by atoms with Gasteiger partial charge in [0, 0.05) is 18.3 Å². The molecule has 0 spiro atoms. The smallest absolute Gasteiger partial charge is 0.263 e. The summed E-state index contributed by atoms with van der Waals surface area (Å²) in [5, 5.41) is 6.59. The van der Waals surface area contributed by atoms with Gasteiger partial charge in [0.05, 0.1) is 6.42 Å². The zero-order chi connectivity index (χ0) is 17.7. The van der Waals surface area contributed by atoms with Crippen molar-refractivity contribution >= 4 is 5.91 Å². The summed E-state index contributed by atoms with van der Waals surface area (Å²) in [6.45, 7) is 8.52. The molecule has 0 saturated heterocycles. The summed E-state index contributed by atoms with van der Waals surface area (Å²) < 4.78 is 6.79. The lowest BCUT2D eigenvalue weighted by Gasteiger charge is -2.22. The lowest BCUT2D eigenvalue weighted by molar-refractivity contribution is -0.120. The lowest BCUT2D eigenvalue weighted by atomic mass is 10.1. The number of rotatable bonds is 6. The highest BCUT2D eigenvalue weighted by molar-refractivity contribution is 5.77. The van der Waals surface area contributed by atoms with E-state index in [2.05, 4.69) is 22.4 Å². The average molecular weight is 332 g/mol. The topological polar surface area (TPSA) is 90.0 Å². The van der Waals surface area contributed by atoms with Crippen LogP contribution in [0.1, 0.15) is 46.4 Å². The van der Waals surface area contributed by atoms with E-state index < -0.39 is 0 Å². The summed E-state index contributed by atoms with van der Waals surface area (Å²) in [5.74, 6) is 0.246. The summed E-state index contributed by atoms with van der Waals surface area (Å²) in [4.78, 5) is 28.5. The van der Waals surface area contributed by atoms with Crippen molar-refractivity contribution in [3.05, 3.63) is 34.5 Å². The molecule has 0 aliphatic rings. The first-order valence-electron chi connectivity index (χ1n) is 8.14. The first-order valence-corrected chi connectivity index (χ1v) is 8.14. The van der Waals surface area contributed by atoms with Crippen LogP contribution in [0.2, 0.25) is 0 Å². The van der Waals surface area contributed by atoms with Crippen LogP contribution in [0.3, 0.4) is 0 Å². The minimum atomic E-state index is -0.352. The number of hydrogen-bond donors (Lipinski definition) is 1. The number of unbranched alkanes of at least 4 members (excludes halogenated alkanes) is 1. The number of carbonyl (C=O) groups is 1. The molecule has 130 valence electrons. The Balaban J connectivity index is 2.17. The molecule has 7 nitrogen and oxygen atoms in total. The molecule has 1 N–H and O–H groups in total. The van der Waals surface area contributed by atoms with E-state index in [0.29, 0.717) is 12.1 Å². The quantitative estimate of drug-likeness (QED) is 0.818. The Bertz CT molecular complexity index is 756. The van der Waals surface area contributed by atoms with Crippen LogP contribution in [0.5, 0.6) is 0 Å². The molecule has 2 aromatic heterocycles. The van der Waals surface area contributed by atoms with Gasteiger partial charge < -0.3 is 14.4 Å². The predicted molar refractivity (Wildman–Crippen MR) is 90.6 cm³/mol. The van der Waals surface area contributed by atoms with E-state index in [9.17, 15) is 9.59 Å². The van der Waals surface area contributed by atoms with Crippen molar-refractivity contribution in [3.63, 3.8) is 0 Å². The molecular weight excluding hydrogens is 308 g/mol. The molecule has 1 amide bonds. The fourth-order valence-electron chi connectivity index (χ4n) is 2.23. The molecule has 0 aromatic carbocycles. The first-order chi connectivity index (χ1) is 11.3. The van der Waals surface area contributed by atoms with E-state index in [1.54, 1.807) is 22.9 Å². The number of pyridine rings is 1. The maximum absolute atomic E-state index is 12.6. The molecule has 0 bridgehead atoms. The van der Waals surface area contributed by atoms with Crippen molar-refractivity contribution < 1.29 is 9.32 Å². The van der Waals surface area contributed by atoms with Crippen LogP contribution in [0.4, 0.5) is 0 Å². The van der Waals surface area contributed by atoms with Crippen LogP contribution in [0, 0.1) is 0 Å². The maximum Gasteiger partial charge on any atom is 0.263 e. The molecule has 2 heterocycles. The zero-order valence-electron chi connectivity index (χ0n) is 14.6.